The minimum atomic E-state index is -2.54. The highest BCUT2D eigenvalue weighted by Gasteiger charge is 2.16. The van der Waals surface area contributed by atoms with Crippen molar-refractivity contribution in [1.82, 2.24) is 9.55 Å². The number of benzene rings is 1. The van der Waals surface area contributed by atoms with Gasteiger partial charge in [-0.25, -0.2) is 13.8 Å². The second-order valence-electron chi connectivity index (χ2n) is 3.34. The molecule has 0 aliphatic heterocycles. The van der Waals surface area contributed by atoms with Gasteiger partial charge in [-0.1, -0.05) is 11.6 Å². The number of rotatable bonds is 2. The second kappa shape index (κ2) is 4.22. The first-order valence-electron chi connectivity index (χ1n) is 4.68. The van der Waals surface area contributed by atoms with E-state index in [1.807, 2.05) is 0 Å². The van der Waals surface area contributed by atoms with Crippen molar-refractivity contribution in [2.45, 2.75) is 13.3 Å². The van der Waals surface area contributed by atoms with Crippen LogP contribution in [0.5, 0.6) is 0 Å². The Hall–Kier alpha value is -1.42. The van der Waals surface area contributed by atoms with E-state index < -0.39 is 6.43 Å². The minimum Gasteiger partial charge on any atom is -0.295 e. The Kier molecular flexibility index (Phi) is 2.92. The van der Waals surface area contributed by atoms with Crippen molar-refractivity contribution in [3.63, 3.8) is 0 Å². The summed E-state index contributed by atoms with van der Waals surface area (Å²) in [6.07, 6.45) is -1.36. The van der Waals surface area contributed by atoms with Gasteiger partial charge in [0.15, 0.2) is 0 Å². The average molecular weight is 243 g/mol. The topological polar surface area (TPSA) is 17.8 Å². The van der Waals surface area contributed by atoms with E-state index in [4.69, 9.17) is 11.6 Å². The van der Waals surface area contributed by atoms with Crippen LogP contribution < -0.4 is 0 Å². The summed E-state index contributed by atoms with van der Waals surface area (Å²) in [6.45, 7) is 1.68. The van der Waals surface area contributed by atoms with E-state index in [9.17, 15) is 8.78 Å². The number of nitrogens with zero attached hydrogens (tertiary/aromatic N) is 2. The summed E-state index contributed by atoms with van der Waals surface area (Å²) in [5.74, 6) is 0.526. The maximum atomic E-state index is 12.7. The molecule has 0 aliphatic carbocycles. The van der Waals surface area contributed by atoms with Crippen LogP contribution in [0, 0.1) is 6.92 Å². The van der Waals surface area contributed by atoms with E-state index in [0.717, 1.165) is 0 Å². The molecule has 0 saturated carbocycles. The van der Waals surface area contributed by atoms with Crippen molar-refractivity contribution < 1.29 is 8.78 Å². The molecule has 0 unspecified atom stereocenters. The van der Waals surface area contributed by atoms with E-state index in [1.165, 1.54) is 10.8 Å². The van der Waals surface area contributed by atoms with E-state index >= 15 is 0 Å². The predicted octanol–water partition coefficient (Wildman–Crippen LogP) is 3.77. The Balaban J connectivity index is 2.54. The number of hydrogen-bond donors (Lipinski definition) is 0. The molecule has 2 rings (SSSR count). The monoisotopic (exact) mass is 242 g/mol. The Labute approximate surface area is 96.5 Å². The van der Waals surface area contributed by atoms with E-state index in [0.29, 0.717) is 16.5 Å². The normalized spacial score (nSPS) is 11.1. The third kappa shape index (κ3) is 1.93. The molecule has 0 aliphatic rings. The fourth-order valence-electron chi connectivity index (χ4n) is 1.54. The third-order valence-corrected chi connectivity index (χ3v) is 2.53. The van der Waals surface area contributed by atoms with Gasteiger partial charge in [0.05, 0.1) is 6.20 Å². The Morgan fingerprint density at radius 3 is 2.44 bits per heavy atom. The fraction of sp³-hybridized carbons (Fsp3) is 0.182. The van der Waals surface area contributed by atoms with Crippen LogP contribution in [-0.2, 0) is 0 Å². The molecule has 1 aromatic heterocycles. The molecular formula is C11H9ClF2N2. The van der Waals surface area contributed by atoms with Crippen molar-refractivity contribution in [3.05, 3.63) is 47.0 Å². The van der Waals surface area contributed by atoms with Gasteiger partial charge in [-0.05, 0) is 31.2 Å². The molecule has 0 amide bonds. The molecule has 1 aromatic carbocycles. The first-order chi connectivity index (χ1) is 7.59. The molecule has 5 heteroatoms. The lowest BCUT2D eigenvalue weighted by Crippen LogP contribution is -2.02. The smallest absolute Gasteiger partial charge is 0.280 e. The van der Waals surface area contributed by atoms with Crippen LogP contribution in [0.4, 0.5) is 8.78 Å². The van der Waals surface area contributed by atoms with Gasteiger partial charge >= 0.3 is 0 Å². The number of hydrogen-bond acceptors (Lipinski definition) is 1. The summed E-state index contributed by atoms with van der Waals surface area (Å²) in [5, 5.41) is 0.570. The van der Waals surface area contributed by atoms with Crippen LogP contribution in [0.3, 0.4) is 0 Å². The highest BCUT2D eigenvalue weighted by atomic mass is 35.5. The van der Waals surface area contributed by atoms with Gasteiger partial charge in [-0.3, -0.25) is 4.57 Å². The van der Waals surface area contributed by atoms with Gasteiger partial charge in [0.1, 0.15) is 11.5 Å². The fourth-order valence-corrected chi connectivity index (χ4v) is 1.67. The average Bonchev–Trinajstić information content (AvgIpc) is 2.62. The highest BCUT2D eigenvalue weighted by molar-refractivity contribution is 6.30. The summed E-state index contributed by atoms with van der Waals surface area (Å²) in [4.78, 5) is 3.89. The van der Waals surface area contributed by atoms with E-state index in [2.05, 4.69) is 4.98 Å². The Morgan fingerprint density at radius 2 is 1.88 bits per heavy atom. The molecule has 1 heterocycles. The molecule has 0 radical (unpaired) electrons. The maximum absolute atomic E-state index is 12.7. The van der Waals surface area contributed by atoms with Gasteiger partial charge in [-0.15, -0.1) is 0 Å². The molecule has 0 N–H and O–H groups in total. The summed E-state index contributed by atoms with van der Waals surface area (Å²) >= 11 is 5.74. The first-order valence-corrected chi connectivity index (χ1v) is 5.05. The largest absolute Gasteiger partial charge is 0.295 e. The number of aryl methyl sites for hydroxylation is 1. The van der Waals surface area contributed by atoms with E-state index in [1.54, 1.807) is 31.2 Å². The number of halogens is 3. The van der Waals surface area contributed by atoms with Crippen LogP contribution in [0.1, 0.15) is 17.9 Å². The van der Waals surface area contributed by atoms with Gasteiger partial charge in [0, 0.05) is 10.7 Å². The lowest BCUT2D eigenvalue weighted by Gasteiger charge is -2.09. The standard InChI is InChI=1S/C11H9ClF2N2/c1-7-15-6-10(11(13)14)16(7)9-4-2-8(12)3-5-9/h2-6,11H,1H3. The Bertz CT molecular complexity index is 491. The van der Waals surface area contributed by atoms with Crippen LogP contribution in [-0.4, -0.2) is 9.55 Å². The molecule has 16 heavy (non-hydrogen) atoms. The summed E-state index contributed by atoms with van der Waals surface area (Å²) in [6, 6.07) is 6.68. The predicted molar refractivity (Wildman–Crippen MR) is 58.3 cm³/mol. The zero-order valence-corrected chi connectivity index (χ0v) is 9.25. The van der Waals surface area contributed by atoms with Crippen LogP contribution in [0.25, 0.3) is 5.69 Å². The van der Waals surface area contributed by atoms with Gasteiger partial charge in [0.2, 0.25) is 0 Å². The molecular weight excluding hydrogens is 234 g/mol. The lowest BCUT2D eigenvalue weighted by molar-refractivity contribution is 0.144. The quantitative estimate of drug-likeness (QED) is 0.784. The zero-order chi connectivity index (χ0) is 11.7. The third-order valence-electron chi connectivity index (χ3n) is 2.27. The van der Waals surface area contributed by atoms with Crippen LogP contribution in [0.15, 0.2) is 30.5 Å². The van der Waals surface area contributed by atoms with Crippen molar-refractivity contribution >= 4 is 11.6 Å². The summed E-state index contributed by atoms with van der Waals surface area (Å²) in [5.41, 5.74) is 0.523. The molecule has 84 valence electrons. The number of aromatic nitrogens is 2. The SMILES string of the molecule is Cc1ncc(C(F)F)n1-c1ccc(Cl)cc1. The Morgan fingerprint density at radius 1 is 1.25 bits per heavy atom. The molecule has 2 nitrogen and oxygen atoms in total. The number of alkyl halides is 2. The maximum Gasteiger partial charge on any atom is 0.280 e. The van der Waals surface area contributed by atoms with Crippen LogP contribution >= 0.6 is 11.6 Å². The first kappa shape index (κ1) is 11.1. The minimum absolute atomic E-state index is 0.111. The summed E-state index contributed by atoms with van der Waals surface area (Å²) in [7, 11) is 0. The molecule has 0 atom stereocenters. The highest BCUT2D eigenvalue weighted by Crippen LogP contribution is 2.24. The van der Waals surface area contributed by atoms with Gasteiger partial charge in [0.25, 0.3) is 6.43 Å². The zero-order valence-electron chi connectivity index (χ0n) is 8.49. The van der Waals surface area contributed by atoms with Crippen molar-refractivity contribution in [2.75, 3.05) is 0 Å². The molecule has 0 saturated heterocycles. The van der Waals surface area contributed by atoms with Crippen molar-refractivity contribution in [1.29, 1.82) is 0 Å². The lowest BCUT2D eigenvalue weighted by atomic mass is 10.3. The number of imidazole rings is 1. The van der Waals surface area contributed by atoms with E-state index in [-0.39, 0.29) is 5.69 Å². The molecule has 0 spiro atoms. The van der Waals surface area contributed by atoms with Crippen LogP contribution in [0.2, 0.25) is 5.02 Å². The molecule has 0 fully saturated rings. The van der Waals surface area contributed by atoms with Crippen molar-refractivity contribution in [2.24, 2.45) is 0 Å². The molecule has 0 bridgehead atoms. The molecule has 2 aromatic rings. The summed E-state index contributed by atoms with van der Waals surface area (Å²) < 4.78 is 26.9. The van der Waals surface area contributed by atoms with Gasteiger partial charge in [-0.2, -0.15) is 0 Å². The van der Waals surface area contributed by atoms with Gasteiger partial charge < -0.3 is 0 Å². The van der Waals surface area contributed by atoms with Crippen molar-refractivity contribution in [3.8, 4) is 5.69 Å². The second-order valence-corrected chi connectivity index (χ2v) is 3.78.